The van der Waals surface area contributed by atoms with Gasteiger partial charge in [-0.1, -0.05) is 6.07 Å². The number of nitrogens with zero attached hydrogens (tertiary/aromatic N) is 1. The molecule has 2 aromatic rings. The maximum atomic E-state index is 12.0. The van der Waals surface area contributed by atoms with Crippen LogP contribution in [0.25, 0.3) is 0 Å². The molecule has 0 saturated carbocycles. The predicted molar refractivity (Wildman–Crippen MR) is 75.5 cm³/mol. The molecule has 0 aliphatic carbocycles. The van der Waals surface area contributed by atoms with E-state index >= 15 is 0 Å². The monoisotopic (exact) mass is 274 g/mol. The van der Waals surface area contributed by atoms with Crippen LogP contribution in [0.5, 0.6) is 5.75 Å². The number of β-lactam (4-membered cyclic amide) rings is 1. The lowest BCUT2D eigenvalue weighted by atomic mass is 9.93. The van der Waals surface area contributed by atoms with Gasteiger partial charge >= 0.3 is 0 Å². The van der Waals surface area contributed by atoms with Crippen LogP contribution >= 0.6 is 11.3 Å². The largest absolute Gasteiger partial charge is 0.497 e. The van der Waals surface area contributed by atoms with Crippen LogP contribution < -0.4 is 15.4 Å². The third-order valence-electron chi connectivity index (χ3n) is 3.33. The van der Waals surface area contributed by atoms with Gasteiger partial charge in [0.05, 0.1) is 13.2 Å². The second-order valence-corrected chi connectivity index (χ2v) is 5.37. The second kappa shape index (κ2) is 4.68. The lowest BCUT2D eigenvalue weighted by molar-refractivity contribution is -0.126. The first-order valence-corrected chi connectivity index (χ1v) is 6.86. The highest BCUT2D eigenvalue weighted by atomic mass is 32.1. The molecule has 0 radical (unpaired) electrons. The fraction of sp³-hybridized carbons (Fsp3) is 0.214. The molecule has 1 aromatic carbocycles. The Kier molecular flexibility index (Phi) is 3.00. The molecule has 0 spiro atoms. The van der Waals surface area contributed by atoms with Gasteiger partial charge in [-0.2, -0.15) is 0 Å². The zero-order chi connectivity index (χ0) is 13.4. The minimum Gasteiger partial charge on any atom is -0.497 e. The lowest BCUT2D eigenvalue weighted by Crippen LogP contribution is -2.63. The van der Waals surface area contributed by atoms with Gasteiger partial charge in [-0.15, -0.1) is 11.3 Å². The summed E-state index contributed by atoms with van der Waals surface area (Å²) in [6, 6.07) is 10.9. The SMILES string of the molecule is COc1ccc(N2C(=O)[C@H](N)[C@H]2c2cccs2)cc1. The maximum Gasteiger partial charge on any atom is 0.247 e. The van der Waals surface area contributed by atoms with Gasteiger partial charge in [-0.25, -0.2) is 0 Å². The molecule has 19 heavy (non-hydrogen) atoms. The standard InChI is InChI=1S/C14H14N2O2S/c1-18-10-6-4-9(5-7-10)16-13(12(15)14(16)17)11-3-2-8-19-11/h2-8,12-13H,15H2,1H3/t12-,13-/m1/s1. The van der Waals surface area contributed by atoms with Crippen molar-refractivity contribution in [2.45, 2.75) is 12.1 Å². The maximum absolute atomic E-state index is 12.0. The van der Waals surface area contributed by atoms with Crippen LogP contribution in [0.2, 0.25) is 0 Å². The molecule has 2 heterocycles. The van der Waals surface area contributed by atoms with E-state index in [0.29, 0.717) is 0 Å². The summed E-state index contributed by atoms with van der Waals surface area (Å²) in [5.41, 5.74) is 6.78. The zero-order valence-electron chi connectivity index (χ0n) is 10.4. The summed E-state index contributed by atoms with van der Waals surface area (Å²) in [4.78, 5) is 14.9. The average molecular weight is 274 g/mol. The van der Waals surface area contributed by atoms with Crippen LogP contribution in [0.1, 0.15) is 10.9 Å². The normalized spacial score (nSPS) is 22.2. The molecule has 3 rings (SSSR count). The van der Waals surface area contributed by atoms with E-state index in [9.17, 15) is 4.79 Å². The number of ether oxygens (including phenoxy) is 1. The van der Waals surface area contributed by atoms with E-state index in [2.05, 4.69) is 0 Å². The van der Waals surface area contributed by atoms with Crippen LogP contribution in [0.4, 0.5) is 5.69 Å². The number of hydrogen-bond acceptors (Lipinski definition) is 4. The van der Waals surface area contributed by atoms with Crippen LogP contribution in [0, 0.1) is 0 Å². The Bertz CT molecular complexity index is 580. The molecule has 2 atom stereocenters. The topological polar surface area (TPSA) is 55.6 Å². The number of thiophene rings is 1. The molecule has 1 fully saturated rings. The number of carbonyl (C=O) groups excluding carboxylic acids is 1. The van der Waals surface area contributed by atoms with E-state index in [0.717, 1.165) is 16.3 Å². The Morgan fingerprint density at radius 3 is 2.58 bits per heavy atom. The first kappa shape index (κ1) is 12.2. The number of amides is 1. The Labute approximate surface area is 115 Å². The van der Waals surface area contributed by atoms with Gasteiger partial charge in [0.2, 0.25) is 5.91 Å². The summed E-state index contributed by atoms with van der Waals surface area (Å²) in [7, 11) is 1.62. The van der Waals surface area contributed by atoms with Crippen molar-refractivity contribution >= 4 is 22.9 Å². The lowest BCUT2D eigenvalue weighted by Gasteiger charge is -2.44. The third-order valence-corrected chi connectivity index (χ3v) is 4.27. The van der Waals surface area contributed by atoms with Gasteiger partial charge in [0.25, 0.3) is 0 Å². The number of anilines is 1. The van der Waals surface area contributed by atoms with Crippen molar-refractivity contribution in [1.29, 1.82) is 0 Å². The van der Waals surface area contributed by atoms with E-state index < -0.39 is 6.04 Å². The van der Waals surface area contributed by atoms with Crippen molar-refractivity contribution in [1.82, 2.24) is 0 Å². The number of benzene rings is 1. The van der Waals surface area contributed by atoms with Gasteiger partial charge in [-0.3, -0.25) is 4.79 Å². The summed E-state index contributed by atoms with van der Waals surface area (Å²) in [6.07, 6.45) is 0. The number of carbonyl (C=O) groups is 1. The molecule has 5 heteroatoms. The molecule has 0 bridgehead atoms. The summed E-state index contributed by atoms with van der Waals surface area (Å²) >= 11 is 1.62. The van der Waals surface area contributed by atoms with Crippen LogP contribution in [0.15, 0.2) is 41.8 Å². The molecule has 98 valence electrons. The molecule has 2 N–H and O–H groups in total. The van der Waals surface area contributed by atoms with Gasteiger partial charge in [-0.05, 0) is 35.7 Å². The van der Waals surface area contributed by atoms with Crippen molar-refractivity contribution in [3.8, 4) is 5.75 Å². The van der Waals surface area contributed by atoms with Crippen molar-refractivity contribution in [3.63, 3.8) is 0 Å². The fourth-order valence-corrected chi connectivity index (χ4v) is 3.17. The smallest absolute Gasteiger partial charge is 0.247 e. The summed E-state index contributed by atoms with van der Waals surface area (Å²) in [5.74, 6) is 0.734. The van der Waals surface area contributed by atoms with E-state index in [4.69, 9.17) is 10.5 Å². The molecule has 1 aliphatic rings. The summed E-state index contributed by atoms with van der Waals surface area (Å²) in [5, 5.41) is 2.00. The first-order chi connectivity index (χ1) is 9.22. The van der Waals surface area contributed by atoms with E-state index in [1.807, 2.05) is 41.8 Å². The van der Waals surface area contributed by atoms with Crippen molar-refractivity contribution in [2.24, 2.45) is 5.73 Å². The van der Waals surface area contributed by atoms with Gasteiger partial charge < -0.3 is 15.4 Å². The van der Waals surface area contributed by atoms with Crippen LogP contribution in [-0.4, -0.2) is 19.1 Å². The Hall–Kier alpha value is -1.85. The van der Waals surface area contributed by atoms with Crippen molar-refractivity contribution in [3.05, 3.63) is 46.7 Å². The number of methoxy groups -OCH3 is 1. The number of rotatable bonds is 3. The van der Waals surface area contributed by atoms with E-state index in [1.54, 1.807) is 23.3 Å². The van der Waals surface area contributed by atoms with Gasteiger partial charge in [0.1, 0.15) is 11.8 Å². The molecule has 0 unspecified atom stereocenters. The Morgan fingerprint density at radius 1 is 1.26 bits per heavy atom. The third kappa shape index (κ3) is 1.91. The highest BCUT2D eigenvalue weighted by Crippen LogP contribution is 2.40. The zero-order valence-corrected chi connectivity index (χ0v) is 11.3. The summed E-state index contributed by atoms with van der Waals surface area (Å²) < 4.78 is 5.12. The Morgan fingerprint density at radius 2 is 2.00 bits per heavy atom. The molecule has 4 nitrogen and oxygen atoms in total. The minimum absolute atomic E-state index is 0.0384. The number of hydrogen-bond donors (Lipinski definition) is 1. The second-order valence-electron chi connectivity index (χ2n) is 4.39. The van der Waals surface area contributed by atoms with Crippen LogP contribution in [0.3, 0.4) is 0 Å². The first-order valence-electron chi connectivity index (χ1n) is 5.98. The van der Waals surface area contributed by atoms with Crippen LogP contribution in [-0.2, 0) is 4.79 Å². The summed E-state index contributed by atoms with van der Waals surface area (Å²) in [6.45, 7) is 0. The average Bonchev–Trinajstić information content (AvgIpc) is 2.97. The predicted octanol–water partition coefficient (Wildman–Crippen LogP) is 2.17. The highest BCUT2D eigenvalue weighted by molar-refractivity contribution is 7.10. The molecular formula is C14H14N2O2S. The quantitative estimate of drug-likeness (QED) is 0.873. The fourth-order valence-electron chi connectivity index (χ4n) is 2.31. The van der Waals surface area contributed by atoms with Gasteiger partial charge in [0.15, 0.2) is 0 Å². The minimum atomic E-state index is -0.444. The molecule has 1 saturated heterocycles. The van der Waals surface area contributed by atoms with E-state index in [1.165, 1.54) is 0 Å². The van der Waals surface area contributed by atoms with Crippen molar-refractivity contribution < 1.29 is 9.53 Å². The highest BCUT2D eigenvalue weighted by Gasteiger charge is 2.47. The molecule has 1 aromatic heterocycles. The molecule has 1 amide bonds. The van der Waals surface area contributed by atoms with Gasteiger partial charge in [0, 0.05) is 10.6 Å². The van der Waals surface area contributed by atoms with E-state index in [-0.39, 0.29) is 11.9 Å². The number of nitrogens with two attached hydrogens (primary N) is 1. The molecule has 1 aliphatic heterocycles. The van der Waals surface area contributed by atoms with Crippen molar-refractivity contribution in [2.75, 3.05) is 12.0 Å². The Balaban J connectivity index is 1.91. The molecular weight excluding hydrogens is 260 g/mol.